The molecule has 2 rings (SSSR count). The van der Waals surface area contributed by atoms with E-state index in [0.29, 0.717) is 11.5 Å². The summed E-state index contributed by atoms with van der Waals surface area (Å²) >= 11 is 0. The molecule has 0 aromatic carbocycles. The van der Waals surface area contributed by atoms with Crippen molar-refractivity contribution in [1.29, 1.82) is 0 Å². The van der Waals surface area contributed by atoms with Crippen molar-refractivity contribution < 1.29 is 9.72 Å². The van der Waals surface area contributed by atoms with E-state index in [1.807, 2.05) is 0 Å². The lowest BCUT2D eigenvalue weighted by Crippen LogP contribution is -2.32. The Morgan fingerprint density at radius 1 is 1.40 bits per heavy atom. The Morgan fingerprint density at radius 3 is 2.55 bits per heavy atom. The SMILES string of the molecule is Cc1nc(NC2CCC(C(N)=O)CC2)ccc1[N+](=O)[O-]. The first kappa shape index (κ1) is 14.2. The minimum atomic E-state index is -0.440. The summed E-state index contributed by atoms with van der Waals surface area (Å²) in [5.41, 5.74) is 5.71. The van der Waals surface area contributed by atoms with Gasteiger partial charge in [-0.15, -0.1) is 0 Å². The average Bonchev–Trinajstić information content (AvgIpc) is 2.39. The van der Waals surface area contributed by atoms with Crippen molar-refractivity contribution in [3.05, 3.63) is 27.9 Å². The van der Waals surface area contributed by atoms with Gasteiger partial charge in [0.15, 0.2) is 0 Å². The van der Waals surface area contributed by atoms with E-state index in [9.17, 15) is 14.9 Å². The third kappa shape index (κ3) is 3.23. The third-order valence-electron chi connectivity index (χ3n) is 3.74. The number of hydrogen-bond acceptors (Lipinski definition) is 5. The number of hydrogen-bond donors (Lipinski definition) is 2. The van der Waals surface area contributed by atoms with Crippen LogP contribution in [0.2, 0.25) is 0 Å². The fraction of sp³-hybridized carbons (Fsp3) is 0.538. The van der Waals surface area contributed by atoms with Crippen LogP contribution in [0.25, 0.3) is 0 Å². The topological polar surface area (TPSA) is 111 Å². The van der Waals surface area contributed by atoms with Crippen LogP contribution in [-0.4, -0.2) is 21.9 Å². The van der Waals surface area contributed by atoms with E-state index < -0.39 is 4.92 Å². The van der Waals surface area contributed by atoms with Crippen LogP contribution in [0.5, 0.6) is 0 Å². The van der Waals surface area contributed by atoms with E-state index in [2.05, 4.69) is 10.3 Å². The second kappa shape index (κ2) is 5.85. The van der Waals surface area contributed by atoms with Crippen LogP contribution in [0, 0.1) is 23.0 Å². The zero-order valence-corrected chi connectivity index (χ0v) is 11.3. The van der Waals surface area contributed by atoms with Gasteiger partial charge < -0.3 is 11.1 Å². The highest BCUT2D eigenvalue weighted by molar-refractivity contribution is 5.76. The zero-order chi connectivity index (χ0) is 14.7. The summed E-state index contributed by atoms with van der Waals surface area (Å²) in [7, 11) is 0. The van der Waals surface area contributed by atoms with Crippen molar-refractivity contribution in [3.8, 4) is 0 Å². The van der Waals surface area contributed by atoms with Crippen molar-refractivity contribution in [2.75, 3.05) is 5.32 Å². The van der Waals surface area contributed by atoms with Gasteiger partial charge in [-0.2, -0.15) is 0 Å². The monoisotopic (exact) mass is 278 g/mol. The first-order valence-electron chi connectivity index (χ1n) is 6.65. The Labute approximate surface area is 116 Å². The molecule has 1 aliphatic rings. The van der Waals surface area contributed by atoms with Gasteiger partial charge in [0, 0.05) is 18.0 Å². The number of nitrogens with zero attached hydrogens (tertiary/aromatic N) is 2. The molecule has 1 saturated carbocycles. The number of carbonyl (C=O) groups is 1. The van der Waals surface area contributed by atoms with Crippen LogP contribution in [0.1, 0.15) is 31.4 Å². The summed E-state index contributed by atoms with van der Waals surface area (Å²) in [6.07, 6.45) is 3.26. The van der Waals surface area contributed by atoms with E-state index in [0.717, 1.165) is 25.7 Å². The molecule has 0 bridgehead atoms. The summed E-state index contributed by atoms with van der Waals surface area (Å²) in [6.45, 7) is 1.62. The number of anilines is 1. The summed E-state index contributed by atoms with van der Waals surface area (Å²) < 4.78 is 0. The van der Waals surface area contributed by atoms with E-state index >= 15 is 0 Å². The van der Waals surface area contributed by atoms with Crippen molar-refractivity contribution >= 4 is 17.4 Å². The Bertz CT molecular complexity index is 524. The molecule has 0 radical (unpaired) electrons. The second-order valence-electron chi connectivity index (χ2n) is 5.15. The molecule has 0 saturated heterocycles. The van der Waals surface area contributed by atoms with Gasteiger partial charge in [0.05, 0.1) is 4.92 Å². The van der Waals surface area contributed by atoms with Gasteiger partial charge in [-0.05, 0) is 38.7 Å². The highest BCUT2D eigenvalue weighted by Crippen LogP contribution is 2.26. The van der Waals surface area contributed by atoms with Gasteiger partial charge in [0.1, 0.15) is 11.5 Å². The maximum absolute atomic E-state index is 11.1. The number of rotatable bonds is 4. The standard InChI is InChI=1S/C13H18N4O3/c1-8-11(17(19)20)6-7-12(15-8)16-10-4-2-9(3-5-10)13(14)18/h6-7,9-10H,2-5H2,1H3,(H2,14,18)(H,15,16). The van der Waals surface area contributed by atoms with Gasteiger partial charge in [-0.1, -0.05) is 0 Å². The van der Waals surface area contributed by atoms with Crippen molar-refractivity contribution in [3.63, 3.8) is 0 Å². The average molecular weight is 278 g/mol. The van der Waals surface area contributed by atoms with Crippen LogP contribution in [-0.2, 0) is 4.79 Å². The molecule has 1 heterocycles. The summed E-state index contributed by atoms with van der Waals surface area (Å²) in [5.74, 6) is 0.378. The minimum absolute atomic E-state index is 0.0213. The Hall–Kier alpha value is -2.18. The fourth-order valence-electron chi connectivity index (χ4n) is 2.56. The molecule has 108 valence electrons. The van der Waals surface area contributed by atoms with Crippen LogP contribution in [0.3, 0.4) is 0 Å². The highest BCUT2D eigenvalue weighted by atomic mass is 16.6. The van der Waals surface area contributed by atoms with Gasteiger partial charge in [-0.3, -0.25) is 14.9 Å². The molecule has 3 N–H and O–H groups in total. The number of carbonyl (C=O) groups excluding carboxylic acids is 1. The highest BCUT2D eigenvalue weighted by Gasteiger charge is 2.25. The van der Waals surface area contributed by atoms with Crippen LogP contribution < -0.4 is 11.1 Å². The number of pyridine rings is 1. The largest absolute Gasteiger partial charge is 0.369 e. The number of aryl methyl sites for hydroxylation is 1. The quantitative estimate of drug-likeness (QED) is 0.643. The first-order chi connectivity index (χ1) is 9.47. The number of primary amides is 1. The molecule has 1 amide bonds. The van der Waals surface area contributed by atoms with Crippen LogP contribution in [0.4, 0.5) is 11.5 Å². The summed E-state index contributed by atoms with van der Waals surface area (Å²) in [5, 5.41) is 14.0. The Morgan fingerprint density at radius 2 is 2.05 bits per heavy atom. The molecule has 7 nitrogen and oxygen atoms in total. The lowest BCUT2D eigenvalue weighted by molar-refractivity contribution is -0.385. The Balaban J connectivity index is 1.96. The molecule has 7 heteroatoms. The normalized spacial score (nSPS) is 22.2. The van der Waals surface area contributed by atoms with Crippen molar-refractivity contribution in [2.45, 2.75) is 38.6 Å². The number of amides is 1. The molecule has 1 aliphatic carbocycles. The molecular weight excluding hydrogens is 260 g/mol. The molecule has 20 heavy (non-hydrogen) atoms. The first-order valence-corrected chi connectivity index (χ1v) is 6.65. The van der Waals surface area contributed by atoms with E-state index in [4.69, 9.17) is 5.73 Å². The summed E-state index contributed by atoms with van der Waals surface area (Å²) in [6, 6.07) is 3.31. The smallest absolute Gasteiger partial charge is 0.290 e. The van der Waals surface area contributed by atoms with Crippen molar-refractivity contribution in [1.82, 2.24) is 4.98 Å². The molecule has 0 spiro atoms. The molecule has 1 fully saturated rings. The third-order valence-corrected chi connectivity index (χ3v) is 3.74. The van der Waals surface area contributed by atoms with E-state index in [1.54, 1.807) is 13.0 Å². The number of aromatic nitrogens is 1. The molecule has 0 unspecified atom stereocenters. The van der Waals surface area contributed by atoms with Crippen LogP contribution in [0.15, 0.2) is 12.1 Å². The van der Waals surface area contributed by atoms with Crippen molar-refractivity contribution in [2.24, 2.45) is 11.7 Å². The lowest BCUT2D eigenvalue weighted by atomic mass is 9.85. The number of nitrogens with one attached hydrogen (secondary N) is 1. The lowest BCUT2D eigenvalue weighted by Gasteiger charge is -2.27. The van der Waals surface area contributed by atoms with E-state index in [1.165, 1.54) is 6.07 Å². The zero-order valence-electron chi connectivity index (χ0n) is 11.3. The summed E-state index contributed by atoms with van der Waals surface area (Å²) in [4.78, 5) is 25.6. The van der Waals surface area contributed by atoms with Crippen LogP contribution >= 0.6 is 0 Å². The number of nitro groups is 1. The Kier molecular flexibility index (Phi) is 4.16. The van der Waals surface area contributed by atoms with E-state index in [-0.39, 0.29) is 23.6 Å². The molecule has 1 aromatic heterocycles. The van der Waals surface area contributed by atoms with Gasteiger partial charge in [-0.25, -0.2) is 4.98 Å². The van der Waals surface area contributed by atoms with Gasteiger partial charge in [0.25, 0.3) is 5.69 Å². The molecule has 1 aromatic rings. The molecule has 0 aliphatic heterocycles. The number of nitrogens with two attached hydrogens (primary N) is 1. The predicted octanol–water partition coefficient (Wildman–Crippen LogP) is 1.75. The maximum Gasteiger partial charge on any atom is 0.290 e. The van der Waals surface area contributed by atoms with Gasteiger partial charge >= 0.3 is 0 Å². The van der Waals surface area contributed by atoms with Gasteiger partial charge in [0.2, 0.25) is 5.91 Å². The minimum Gasteiger partial charge on any atom is -0.369 e. The second-order valence-corrected chi connectivity index (χ2v) is 5.15. The maximum atomic E-state index is 11.1. The molecular formula is C13H18N4O3. The molecule has 0 atom stereocenters. The predicted molar refractivity (Wildman–Crippen MR) is 74.2 cm³/mol. The fourth-order valence-corrected chi connectivity index (χ4v) is 2.56.